The number of nitrogens with one attached hydrogen (secondary N) is 2. The molecule has 3 aromatic rings. The molecule has 4 heterocycles. The molecule has 9 nitrogen and oxygen atoms in total. The molecule has 3 aromatic heterocycles. The van der Waals surface area contributed by atoms with Gasteiger partial charge in [-0.05, 0) is 57.0 Å². The van der Waals surface area contributed by atoms with Crippen LogP contribution in [0, 0.1) is 5.82 Å². The van der Waals surface area contributed by atoms with E-state index in [1.54, 1.807) is 6.20 Å². The first-order valence-corrected chi connectivity index (χ1v) is 12.5. The molecule has 1 saturated heterocycles. The maximum Gasteiger partial charge on any atom is 0.252 e. The molecular formula is C25H33FN8O. The van der Waals surface area contributed by atoms with Crippen LogP contribution in [0.15, 0.2) is 30.6 Å². The van der Waals surface area contributed by atoms with Crippen LogP contribution in [0.2, 0.25) is 0 Å². The minimum Gasteiger partial charge on any atom is -0.365 e. The Hall–Kier alpha value is -3.24. The zero-order valence-electron chi connectivity index (χ0n) is 19.8. The van der Waals surface area contributed by atoms with Crippen LogP contribution in [-0.4, -0.2) is 57.1 Å². The highest BCUT2D eigenvalue weighted by atomic mass is 19.1. The number of rotatable bonds is 8. The fourth-order valence-corrected chi connectivity index (χ4v) is 5.15. The van der Waals surface area contributed by atoms with E-state index < -0.39 is 11.7 Å². The molecule has 2 fully saturated rings. The molecule has 0 radical (unpaired) electrons. The molecule has 2 aliphatic rings. The summed E-state index contributed by atoms with van der Waals surface area (Å²) in [5.41, 5.74) is 13.3. The highest BCUT2D eigenvalue weighted by Crippen LogP contribution is 2.30. The van der Waals surface area contributed by atoms with Gasteiger partial charge >= 0.3 is 0 Å². The van der Waals surface area contributed by atoms with Gasteiger partial charge in [-0.25, -0.2) is 14.4 Å². The van der Waals surface area contributed by atoms with Crippen LogP contribution >= 0.6 is 0 Å². The number of hydrogen-bond donors (Lipinski definition) is 4. The van der Waals surface area contributed by atoms with Crippen molar-refractivity contribution in [3.05, 3.63) is 42.0 Å². The summed E-state index contributed by atoms with van der Waals surface area (Å²) in [5.74, 6) is -1.13. The number of amides is 1. The van der Waals surface area contributed by atoms with Gasteiger partial charge < -0.3 is 31.6 Å². The average Bonchev–Trinajstić information content (AvgIpc) is 3.51. The molecule has 6 N–H and O–H groups in total. The van der Waals surface area contributed by atoms with Gasteiger partial charge in [0.2, 0.25) is 0 Å². The first kappa shape index (κ1) is 23.5. The van der Waals surface area contributed by atoms with Gasteiger partial charge in [0, 0.05) is 43.0 Å². The van der Waals surface area contributed by atoms with Gasteiger partial charge in [-0.1, -0.05) is 12.8 Å². The van der Waals surface area contributed by atoms with E-state index in [0.717, 1.165) is 74.6 Å². The number of fused-ring (bicyclic) bond motifs is 1. The molecular weight excluding hydrogens is 447 g/mol. The number of hydrogen-bond acceptors (Lipinski definition) is 7. The molecule has 1 saturated carbocycles. The largest absolute Gasteiger partial charge is 0.365 e. The number of nitrogens with zero attached hydrogens (tertiary/aromatic N) is 4. The van der Waals surface area contributed by atoms with Crippen molar-refractivity contribution in [1.29, 1.82) is 0 Å². The number of halogens is 1. The SMILES string of the molecule is NC(=O)c1cc(F)c(NC2CCCCC2N)nc1Nc1ccnc2c1ccn2CCN1CCCC1. The predicted octanol–water partition coefficient (Wildman–Crippen LogP) is 3.19. The second-order valence-corrected chi connectivity index (χ2v) is 9.56. The van der Waals surface area contributed by atoms with E-state index in [4.69, 9.17) is 11.5 Å². The number of anilines is 3. The third kappa shape index (κ3) is 5.08. The van der Waals surface area contributed by atoms with E-state index in [0.29, 0.717) is 0 Å². The Balaban J connectivity index is 1.42. The van der Waals surface area contributed by atoms with E-state index in [1.807, 2.05) is 18.3 Å². The molecule has 35 heavy (non-hydrogen) atoms. The Morgan fingerprint density at radius 3 is 2.69 bits per heavy atom. The molecule has 0 spiro atoms. The number of carbonyl (C=O) groups is 1. The summed E-state index contributed by atoms with van der Waals surface area (Å²) >= 11 is 0. The highest BCUT2D eigenvalue weighted by molar-refractivity contribution is 6.00. The number of carbonyl (C=O) groups excluding carboxylic acids is 1. The van der Waals surface area contributed by atoms with Crippen LogP contribution in [0.4, 0.5) is 21.7 Å². The number of primary amides is 1. The number of likely N-dealkylation sites (tertiary alicyclic amines) is 1. The second-order valence-electron chi connectivity index (χ2n) is 9.56. The molecule has 0 aromatic carbocycles. The number of nitrogens with two attached hydrogens (primary N) is 2. The Kier molecular flexibility index (Phi) is 6.83. The molecule has 2 atom stereocenters. The van der Waals surface area contributed by atoms with Crippen LogP contribution in [0.5, 0.6) is 0 Å². The van der Waals surface area contributed by atoms with Crippen LogP contribution in [-0.2, 0) is 6.54 Å². The lowest BCUT2D eigenvalue weighted by molar-refractivity contribution is 0.100. The molecule has 186 valence electrons. The normalized spacial score (nSPS) is 20.9. The van der Waals surface area contributed by atoms with Crippen LogP contribution in [0.1, 0.15) is 48.9 Å². The highest BCUT2D eigenvalue weighted by Gasteiger charge is 2.25. The van der Waals surface area contributed by atoms with Gasteiger partial charge in [0.05, 0.1) is 11.3 Å². The quantitative estimate of drug-likeness (QED) is 0.390. The van der Waals surface area contributed by atoms with Crippen molar-refractivity contribution in [3.63, 3.8) is 0 Å². The molecule has 1 aliphatic heterocycles. The molecule has 5 rings (SSSR count). The van der Waals surface area contributed by atoms with Gasteiger partial charge in [0.15, 0.2) is 11.6 Å². The Labute approximate surface area is 204 Å². The lowest BCUT2D eigenvalue weighted by Gasteiger charge is -2.30. The minimum absolute atomic E-state index is 0.0144. The maximum absolute atomic E-state index is 14.9. The summed E-state index contributed by atoms with van der Waals surface area (Å²) in [4.78, 5) is 23.6. The summed E-state index contributed by atoms with van der Waals surface area (Å²) in [5, 5.41) is 7.25. The fourth-order valence-electron chi connectivity index (χ4n) is 5.15. The summed E-state index contributed by atoms with van der Waals surface area (Å²) in [6, 6.07) is 4.79. The van der Waals surface area contributed by atoms with Crippen LogP contribution in [0.3, 0.4) is 0 Å². The first-order valence-electron chi connectivity index (χ1n) is 12.5. The van der Waals surface area contributed by atoms with Crippen molar-refractivity contribution in [2.75, 3.05) is 30.3 Å². The Bertz CT molecular complexity index is 1210. The predicted molar refractivity (Wildman–Crippen MR) is 135 cm³/mol. The van der Waals surface area contributed by atoms with E-state index in [9.17, 15) is 9.18 Å². The van der Waals surface area contributed by atoms with Crippen LogP contribution in [0.25, 0.3) is 11.0 Å². The lowest BCUT2D eigenvalue weighted by atomic mass is 9.91. The van der Waals surface area contributed by atoms with Crippen molar-refractivity contribution in [1.82, 2.24) is 19.4 Å². The van der Waals surface area contributed by atoms with E-state index in [-0.39, 0.29) is 29.3 Å². The maximum atomic E-state index is 14.9. The van der Waals surface area contributed by atoms with Gasteiger partial charge in [0.25, 0.3) is 5.91 Å². The van der Waals surface area contributed by atoms with Gasteiger partial charge in [0.1, 0.15) is 11.5 Å². The van der Waals surface area contributed by atoms with E-state index in [2.05, 4.69) is 30.1 Å². The fraction of sp³-hybridized carbons (Fsp3) is 0.480. The Morgan fingerprint density at radius 2 is 1.91 bits per heavy atom. The van der Waals surface area contributed by atoms with E-state index in [1.165, 1.54) is 12.8 Å². The monoisotopic (exact) mass is 480 g/mol. The number of aromatic nitrogens is 3. The smallest absolute Gasteiger partial charge is 0.252 e. The van der Waals surface area contributed by atoms with Crippen molar-refractivity contribution in [2.45, 2.75) is 57.2 Å². The Morgan fingerprint density at radius 1 is 1.11 bits per heavy atom. The van der Waals surface area contributed by atoms with E-state index >= 15 is 0 Å². The third-order valence-corrected chi connectivity index (χ3v) is 7.15. The average molecular weight is 481 g/mol. The molecule has 1 amide bonds. The van der Waals surface area contributed by atoms with Crippen LogP contribution < -0.4 is 22.1 Å². The van der Waals surface area contributed by atoms with Gasteiger partial charge in [-0.2, -0.15) is 0 Å². The molecule has 0 bridgehead atoms. The molecule has 2 unspecified atom stereocenters. The summed E-state index contributed by atoms with van der Waals surface area (Å²) in [6.45, 7) is 4.12. The molecule has 10 heteroatoms. The summed E-state index contributed by atoms with van der Waals surface area (Å²) in [7, 11) is 0. The van der Waals surface area contributed by atoms with Gasteiger partial charge in [-0.3, -0.25) is 4.79 Å². The van der Waals surface area contributed by atoms with Gasteiger partial charge in [-0.15, -0.1) is 0 Å². The molecule has 1 aliphatic carbocycles. The zero-order chi connectivity index (χ0) is 24.4. The zero-order valence-corrected chi connectivity index (χ0v) is 19.8. The number of pyridine rings is 2. The summed E-state index contributed by atoms with van der Waals surface area (Å²) < 4.78 is 17.0. The van der Waals surface area contributed by atoms with Crippen molar-refractivity contribution in [2.24, 2.45) is 11.5 Å². The van der Waals surface area contributed by atoms with Crippen molar-refractivity contribution in [3.8, 4) is 0 Å². The van der Waals surface area contributed by atoms with Crippen molar-refractivity contribution >= 4 is 34.3 Å². The summed E-state index contributed by atoms with van der Waals surface area (Å²) in [6.07, 6.45) is 10.1. The second kappa shape index (κ2) is 10.2. The third-order valence-electron chi connectivity index (χ3n) is 7.15. The van der Waals surface area contributed by atoms with Crippen molar-refractivity contribution < 1.29 is 9.18 Å². The minimum atomic E-state index is -0.756. The lowest BCUT2D eigenvalue weighted by Crippen LogP contribution is -2.43. The first-order chi connectivity index (χ1) is 17.0. The standard InChI is InChI=1S/C25H33FN8O/c26-18-15-17(22(28)35)23(32-24(18)31-21-6-2-1-5-19(21)27)30-20-7-9-29-25-16(20)8-12-34(25)14-13-33-10-3-4-11-33/h7-9,12,15,19,21H,1-6,10-11,13-14,27H2,(H2,28,35)(H2,29,30,31,32). The topological polar surface area (TPSA) is 127 Å².